The summed E-state index contributed by atoms with van der Waals surface area (Å²) in [5.41, 5.74) is 3.41. The van der Waals surface area contributed by atoms with Crippen LogP contribution in [0.4, 0.5) is 16.2 Å². The van der Waals surface area contributed by atoms with Gasteiger partial charge in [-0.3, -0.25) is 4.90 Å². The predicted molar refractivity (Wildman–Crippen MR) is 163 cm³/mol. The molecule has 0 saturated heterocycles. The van der Waals surface area contributed by atoms with Crippen molar-refractivity contribution < 1.29 is 23.7 Å². The molecule has 3 aromatic rings. The van der Waals surface area contributed by atoms with E-state index in [0.717, 1.165) is 47.0 Å². The van der Waals surface area contributed by atoms with E-state index >= 15 is 0 Å². The third-order valence-corrected chi connectivity index (χ3v) is 6.45. The smallest absolute Gasteiger partial charge is 0.410 e. The van der Waals surface area contributed by atoms with Crippen LogP contribution >= 0.6 is 0 Å². The number of hydrogen-bond donors (Lipinski definition) is 1. The molecule has 0 saturated carbocycles. The molecule has 0 radical (unpaired) electrons. The Morgan fingerprint density at radius 3 is 2.43 bits per heavy atom. The molecule has 224 valence electrons. The second kappa shape index (κ2) is 14.5. The van der Waals surface area contributed by atoms with Gasteiger partial charge in [-0.2, -0.15) is 0 Å². The number of carbonyl (C=O) groups excluding carboxylic acids is 1. The maximum atomic E-state index is 12.5. The number of carbonyl (C=O) groups is 1. The summed E-state index contributed by atoms with van der Waals surface area (Å²) in [7, 11) is 2.02. The Balaban J connectivity index is 1.16. The number of ether oxygens (including phenoxy) is 4. The van der Waals surface area contributed by atoms with E-state index in [1.54, 1.807) is 23.4 Å². The first kappa shape index (κ1) is 30.6. The van der Waals surface area contributed by atoms with E-state index in [9.17, 15) is 4.79 Å². The van der Waals surface area contributed by atoms with E-state index < -0.39 is 5.60 Å². The second-order valence-electron chi connectivity index (χ2n) is 11.0. The molecular weight excluding hydrogens is 534 g/mol. The highest BCUT2D eigenvalue weighted by Gasteiger charge is 2.27. The Kier molecular flexibility index (Phi) is 10.6. The average molecular weight is 576 g/mol. The van der Waals surface area contributed by atoms with Crippen LogP contribution in [0.2, 0.25) is 0 Å². The molecule has 1 aliphatic heterocycles. The normalized spacial score (nSPS) is 12.8. The molecule has 10 nitrogen and oxygen atoms in total. The maximum absolute atomic E-state index is 12.5. The van der Waals surface area contributed by atoms with Gasteiger partial charge < -0.3 is 29.2 Å². The summed E-state index contributed by atoms with van der Waals surface area (Å²) in [6.45, 7) is 13.3. The molecule has 42 heavy (non-hydrogen) atoms. The molecule has 0 unspecified atom stereocenters. The molecule has 2 heterocycles. The number of amides is 1. The largest absolute Gasteiger partial charge is 0.492 e. The van der Waals surface area contributed by atoms with Gasteiger partial charge in [0.25, 0.3) is 0 Å². The van der Waals surface area contributed by atoms with Crippen LogP contribution in [0.1, 0.15) is 31.9 Å². The number of fused-ring (bicyclic) bond motifs is 1. The number of likely N-dealkylation sites (N-methyl/N-ethyl adjacent to an activating group) is 1. The van der Waals surface area contributed by atoms with Crippen molar-refractivity contribution in [2.75, 3.05) is 51.8 Å². The fourth-order valence-electron chi connectivity index (χ4n) is 4.32. The summed E-state index contributed by atoms with van der Waals surface area (Å²) in [4.78, 5) is 25.0. The van der Waals surface area contributed by atoms with Gasteiger partial charge in [-0.25, -0.2) is 14.8 Å². The van der Waals surface area contributed by atoms with Gasteiger partial charge >= 0.3 is 12.1 Å². The molecule has 0 aliphatic carbocycles. The lowest BCUT2D eigenvalue weighted by molar-refractivity contribution is 0.0223. The van der Waals surface area contributed by atoms with Gasteiger partial charge in [0, 0.05) is 37.4 Å². The lowest BCUT2D eigenvalue weighted by atomic mass is 9.99. The highest BCUT2D eigenvalue weighted by atomic mass is 16.6. The Labute approximate surface area is 248 Å². The van der Waals surface area contributed by atoms with Gasteiger partial charge in [0.2, 0.25) is 0 Å². The lowest BCUT2D eigenvalue weighted by Gasteiger charge is -2.32. The number of nitrogens with zero attached hydrogens (tertiary/aromatic N) is 4. The van der Waals surface area contributed by atoms with Crippen LogP contribution in [0.15, 0.2) is 67.5 Å². The van der Waals surface area contributed by atoms with Crippen molar-refractivity contribution in [1.82, 2.24) is 19.8 Å². The second-order valence-corrected chi connectivity index (χ2v) is 11.0. The quantitative estimate of drug-likeness (QED) is 0.266. The van der Waals surface area contributed by atoms with Gasteiger partial charge in [0.05, 0.1) is 18.1 Å². The molecule has 1 aromatic heterocycles. The van der Waals surface area contributed by atoms with Crippen LogP contribution in [0.5, 0.6) is 17.5 Å². The molecule has 1 aliphatic rings. The Bertz CT molecular complexity index is 1310. The van der Waals surface area contributed by atoms with Gasteiger partial charge in [-0.1, -0.05) is 24.8 Å². The van der Waals surface area contributed by atoms with E-state index in [1.807, 2.05) is 70.3 Å². The summed E-state index contributed by atoms with van der Waals surface area (Å²) in [5.74, 6) is 1.66. The SMILES string of the molecule is C=CCOc1ccc(Nc2cnc(OCCN(C)CCOc3cccc4c3CCN(C(=O)OC(C)(C)C)C4)nc2)cc1. The van der Waals surface area contributed by atoms with Gasteiger partial charge in [0.15, 0.2) is 0 Å². The van der Waals surface area contributed by atoms with E-state index in [4.69, 9.17) is 18.9 Å². The number of rotatable bonds is 13. The number of nitrogens with one attached hydrogen (secondary N) is 1. The van der Waals surface area contributed by atoms with E-state index in [2.05, 4.69) is 26.8 Å². The minimum Gasteiger partial charge on any atom is -0.492 e. The van der Waals surface area contributed by atoms with E-state index in [0.29, 0.717) is 45.5 Å². The molecule has 1 amide bonds. The molecule has 2 aromatic carbocycles. The van der Waals surface area contributed by atoms with Crippen LogP contribution < -0.4 is 19.5 Å². The number of hydrogen-bond acceptors (Lipinski definition) is 9. The summed E-state index contributed by atoms with van der Waals surface area (Å²) in [6.07, 6.45) is 5.55. The summed E-state index contributed by atoms with van der Waals surface area (Å²) >= 11 is 0. The number of anilines is 2. The molecule has 0 fully saturated rings. The monoisotopic (exact) mass is 575 g/mol. The molecule has 10 heteroatoms. The summed E-state index contributed by atoms with van der Waals surface area (Å²) < 4.78 is 22.9. The van der Waals surface area contributed by atoms with Crippen LogP contribution in [-0.4, -0.2) is 78.0 Å². The van der Waals surface area contributed by atoms with Crippen LogP contribution in [0, 0.1) is 0 Å². The zero-order chi connectivity index (χ0) is 30.0. The molecule has 4 rings (SSSR count). The fraction of sp³-hybridized carbons (Fsp3) is 0.406. The first-order valence-corrected chi connectivity index (χ1v) is 14.2. The summed E-state index contributed by atoms with van der Waals surface area (Å²) in [5, 5.41) is 3.26. The van der Waals surface area contributed by atoms with Crippen molar-refractivity contribution >= 4 is 17.5 Å². The first-order chi connectivity index (χ1) is 20.2. The van der Waals surface area contributed by atoms with E-state index in [-0.39, 0.29) is 6.09 Å². The van der Waals surface area contributed by atoms with Crippen LogP contribution in [0.25, 0.3) is 0 Å². The van der Waals surface area contributed by atoms with Crippen LogP contribution in [0.3, 0.4) is 0 Å². The minimum absolute atomic E-state index is 0.280. The maximum Gasteiger partial charge on any atom is 0.410 e. The number of aromatic nitrogens is 2. The third-order valence-electron chi connectivity index (χ3n) is 6.45. The van der Waals surface area contributed by atoms with Gasteiger partial charge in [-0.05, 0) is 70.1 Å². The van der Waals surface area contributed by atoms with Crippen LogP contribution in [-0.2, 0) is 17.7 Å². The predicted octanol–water partition coefficient (Wildman–Crippen LogP) is 5.47. The molecular formula is C32H41N5O5. The molecule has 0 atom stereocenters. The van der Waals surface area contributed by atoms with E-state index in [1.165, 1.54) is 0 Å². The Morgan fingerprint density at radius 1 is 1.02 bits per heavy atom. The van der Waals surface area contributed by atoms with Crippen molar-refractivity contribution in [3.63, 3.8) is 0 Å². The Hall–Kier alpha value is -4.31. The lowest BCUT2D eigenvalue weighted by Crippen LogP contribution is -2.40. The molecule has 0 spiro atoms. The van der Waals surface area contributed by atoms with Crippen molar-refractivity contribution in [1.29, 1.82) is 0 Å². The zero-order valence-corrected chi connectivity index (χ0v) is 25.0. The first-order valence-electron chi connectivity index (χ1n) is 14.2. The number of benzene rings is 2. The third kappa shape index (κ3) is 9.37. The van der Waals surface area contributed by atoms with Crippen molar-refractivity contribution in [2.24, 2.45) is 0 Å². The highest BCUT2D eigenvalue weighted by Crippen LogP contribution is 2.29. The summed E-state index contributed by atoms with van der Waals surface area (Å²) in [6, 6.07) is 14.0. The Morgan fingerprint density at radius 2 is 1.74 bits per heavy atom. The van der Waals surface area contributed by atoms with Crippen molar-refractivity contribution in [3.8, 4) is 17.5 Å². The standard InChI is InChI=1S/C32H41N5O5/c1-6-18-39-27-12-10-25(11-13-27)35-26-21-33-30(34-22-26)41-20-17-36(5)16-19-40-29-9-7-8-24-23-37(15-14-28(24)29)31(38)42-32(2,3)4/h6-13,21-22,35H,1,14-20,23H2,2-5H3. The average Bonchev–Trinajstić information content (AvgIpc) is 2.96. The molecule has 0 bridgehead atoms. The zero-order valence-electron chi connectivity index (χ0n) is 25.0. The van der Waals surface area contributed by atoms with Gasteiger partial charge in [0.1, 0.15) is 36.9 Å². The van der Waals surface area contributed by atoms with Gasteiger partial charge in [-0.15, -0.1) is 0 Å². The highest BCUT2D eigenvalue weighted by molar-refractivity contribution is 5.69. The minimum atomic E-state index is -0.510. The topological polar surface area (TPSA) is 98.3 Å². The van der Waals surface area contributed by atoms with Crippen molar-refractivity contribution in [3.05, 3.63) is 78.6 Å². The van der Waals surface area contributed by atoms with Crippen molar-refractivity contribution in [2.45, 2.75) is 39.3 Å². The fourth-order valence-corrected chi connectivity index (χ4v) is 4.32. The molecule has 1 N–H and O–H groups in total.